The van der Waals surface area contributed by atoms with E-state index in [9.17, 15) is 21.6 Å². The van der Waals surface area contributed by atoms with Gasteiger partial charge >= 0.3 is 0 Å². The van der Waals surface area contributed by atoms with Crippen molar-refractivity contribution in [1.29, 1.82) is 5.26 Å². The number of carbonyl (C=O) groups excluding carboxylic acids is 1. The van der Waals surface area contributed by atoms with Crippen LogP contribution in [0, 0.1) is 11.3 Å². The molecule has 1 heterocycles. The third-order valence-electron chi connectivity index (χ3n) is 4.48. The van der Waals surface area contributed by atoms with Crippen molar-refractivity contribution in [2.75, 3.05) is 10.6 Å². The highest BCUT2D eigenvalue weighted by molar-refractivity contribution is 8.01. The van der Waals surface area contributed by atoms with Gasteiger partial charge in [-0.1, -0.05) is 12.1 Å². The number of sulfone groups is 1. The Morgan fingerprint density at radius 3 is 2.13 bits per heavy atom. The van der Waals surface area contributed by atoms with Crippen molar-refractivity contribution in [3.05, 3.63) is 40.8 Å². The first-order chi connectivity index (χ1) is 14.4. The minimum Gasteiger partial charge on any atom is -0.267 e. The molecule has 168 valence electrons. The van der Waals surface area contributed by atoms with Crippen LogP contribution in [0.5, 0.6) is 0 Å². The third-order valence-corrected chi connectivity index (χ3v) is 11.2. The fourth-order valence-electron chi connectivity index (χ4n) is 2.59. The highest BCUT2D eigenvalue weighted by atomic mass is 32.2. The number of anilines is 1. The highest BCUT2D eigenvalue weighted by Crippen LogP contribution is 2.37. The number of thiophene rings is 1. The summed E-state index contributed by atoms with van der Waals surface area (Å²) in [6.07, 6.45) is 1.86. The van der Waals surface area contributed by atoms with E-state index < -0.39 is 36.3 Å². The van der Waals surface area contributed by atoms with Crippen molar-refractivity contribution in [1.82, 2.24) is 0 Å². The SMILES string of the molecule is CSc1sc(C(=O)N(c2ccc(CC#N)cc2)S(=O)(=O)C(C)C)cc1S(=O)(=O)C(C)C. The number of nitriles is 1. The molecule has 0 unspecified atom stereocenters. The zero-order valence-electron chi connectivity index (χ0n) is 17.8. The van der Waals surface area contributed by atoms with Crippen molar-refractivity contribution >= 4 is 54.6 Å². The second-order valence-electron chi connectivity index (χ2n) is 7.22. The van der Waals surface area contributed by atoms with E-state index in [2.05, 4.69) is 0 Å². The number of carbonyl (C=O) groups is 1. The van der Waals surface area contributed by atoms with Crippen LogP contribution in [0.4, 0.5) is 5.69 Å². The quantitative estimate of drug-likeness (QED) is 0.501. The molecule has 1 amide bonds. The van der Waals surface area contributed by atoms with Gasteiger partial charge in [0.1, 0.15) is 0 Å². The van der Waals surface area contributed by atoms with Gasteiger partial charge in [0.05, 0.1) is 42.7 Å². The standard InChI is InChI=1S/C20H24N2O5S4/c1-13(2)30(24,25)18-12-17(29-20(18)28-5)19(23)22(31(26,27)14(3)4)16-8-6-15(7-9-16)10-11-21/h6-9,12-14H,10H2,1-5H3. The number of thioether (sulfide) groups is 1. The van der Waals surface area contributed by atoms with Crippen LogP contribution in [0.15, 0.2) is 39.4 Å². The van der Waals surface area contributed by atoms with Gasteiger partial charge in [-0.15, -0.1) is 23.1 Å². The van der Waals surface area contributed by atoms with Gasteiger partial charge in [-0.3, -0.25) is 4.79 Å². The van der Waals surface area contributed by atoms with Crippen molar-refractivity contribution in [3.63, 3.8) is 0 Å². The molecule has 2 rings (SSSR count). The minimum absolute atomic E-state index is 0.0221. The van der Waals surface area contributed by atoms with Crippen molar-refractivity contribution < 1.29 is 21.6 Å². The Morgan fingerprint density at radius 1 is 1.10 bits per heavy atom. The Bertz CT molecular complexity index is 1210. The Morgan fingerprint density at radius 2 is 1.68 bits per heavy atom. The maximum atomic E-state index is 13.4. The van der Waals surface area contributed by atoms with E-state index in [4.69, 9.17) is 5.26 Å². The first kappa shape index (κ1) is 25.4. The third kappa shape index (κ3) is 5.14. The molecule has 0 spiro atoms. The normalized spacial score (nSPS) is 12.2. The molecular formula is C20H24N2O5S4. The first-order valence-corrected chi connectivity index (χ1v) is 14.4. The van der Waals surface area contributed by atoms with Gasteiger partial charge in [0.25, 0.3) is 5.91 Å². The number of amides is 1. The molecule has 11 heteroatoms. The lowest BCUT2D eigenvalue weighted by molar-refractivity contribution is 0.101. The molecule has 0 saturated carbocycles. The second kappa shape index (κ2) is 9.73. The first-order valence-electron chi connectivity index (χ1n) is 9.34. The molecule has 2 aromatic rings. The molecule has 0 aliphatic heterocycles. The van der Waals surface area contributed by atoms with E-state index in [1.165, 1.54) is 43.8 Å². The predicted molar refractivity (Wildman–Crippen MR) is 125 cm³/mol. The van der Waals surface area contributed by atoms with Crippen LogP contribution in [-0.2, 0) is 26.3 Å². The van der Waals surface area contributed by atoms with Crippen LogP contribution >= 0.6 is 23.1 Å². The lowest BCUT2D eigenvalue weighted by Gasteiger charge is -2.24. The van der Waals surface area contributed by atoms with Gasteiger partial charge in [-0.25, -0.2) is 21.1 Å². The van der Waals surface area contributed by atoms with E-state index >= 15 is 0 Å². The number of benzene rings is 1. The fraction of sp³-hybridized carbons (Fsp3) is 0.400. The summed E-state index contributed by atoms with van der Waals surface area (Å²) in [5, 5.41) is 7.27. The number of hydrogen-bond acceptors (Lipinski definition) is 8. The number of sulfonamides is 1. The molecule has 31 heavy (non-hydrogen) atoms. The number of nitrogens with zero attached hydrogens (tertiary/aromatic N) is 2. The summed E-state index contributed by atoms with van der Waals surface area (Å²) in [5.41, 5.74) is 0.819. The van der Waals surface area contributed by atoms with Crippen molar-refractivity contribution in [2.24, 2.45) is 0 Å². The summed E-state index contributed by atoms with van der Waals surface area (Å²) in [4.78, 5) is 13.4. The van der Waals surface area contributed by atoms with Gasteiger partial charge < -0.3 is 0 Å². The Kier molecular flexibility index (Phi) is 7.97. The van der Waals surface area contributed by atoms with Gasteiger partial charge in [0.15, 0.2) is 9.84 Å². The smallest absolute Gasteiger partial charge is 0.267 e. The zero-order chi connectivity index (χ0) is 23.6. The van der Waals surface area contributed by atoms with E-state index in [1.54, 1.807) is 32.2 Å². The average Bonchev–Trinajstić information content (AvgIpc) is 3.14. The molecule has 1 aromatic carbocycles. The summed E-state index contributed by atoms with van der Waals surface area (Å²) in [5.74, 6) is -0.813. The molecule has 0 fully saturated rings. The van der Waals surface area contributed by atoms with Crippen LogP contribution in [0.1, 0.15) is 42.9 Å². The van der Waals surface area contributed by atoms with Gasteiger partial charge in [0, 0.05) is 0 Å². The molecule has 7 nitrogen and oxygen atoms in total. The molecular weight excluding hydrogens is 476 g/mol. The Balaban J connectivity index is 2.65. The molecule has 1 aromatic heterocycles. The van der Waals surface area contributed by atoms with Crippen molar-refractivity contribution in [2.45, 2.75) is 53.7 Å². The molecule has 0 N–H and O–H groups in total. The van der Waals surface area contributed by atoms with Crippen molar-refractivity contribution in [3.8, 4) is 6.07 Å². The van der Waals surface area contributed by atoms with E-state index in [0.717, 1.165) is 15.6 Å². The summed E-state index contributed by atoms with van der Waals surface area (Å²) < 4.78 is 52.7. The fourth-order valence-corrected chi connectivity index (χ4v) is 7.56. The summed E-state index contributed by atoms with van der Waals surface area (Å²) in [7, 11) is -7.71. The zero-order valence-corrected chi connectivity index (χ0v) is 21.1. The maximum Gasteiger partial charge on any atom is 0.282 e. The lowest BCUT2D eigenvalue weighted by Crippen LogP contribution is -2.41. The van der Waals surface area contributed by atoms with Gasteiger partial charge in [0.2, 0.25) is 10.0 Å². The maximum absolute atomic E-state index is 13.4. The van der Waals surface area contributed by atoms with E-state index in [0.29, 0.717) is 9.77 Å². The van der Waals surface area contributed by atoms with Crippen LogP contribution < -0.4 is 4.31 Å². The number of hydrogen-bond donors (Lipinski definition) is 0. The van der Waals surface area contributed by atoms with Crippen LogP contribution in [0.2, 0.25) is 0 Å². The molecule has 0 aliphatic rings. The second-order valence-corrected chi connectivity index (χ2v) is 14.2. The number of rotatable bonds is 8. The largest absolute Gasteiger partial charge is 0.282 e. The average molecular weight is 501 g/mol. The topological polar surface area (TPSA) is 112 Å². The molecule has 0 bridgehead atoms. The Hall–Kier alpha value is -1.87. The molecule has 0 aliphatic carbocycles. The van der Waals surface area contributed by atoms with Gasteiger partial charge in [-0.2, -0.15) is 5.26 Å². The highest BCUT2D eigenvalue weighted by Gasteiger charge is 2.35. The van der Waals surface area contributed by atoms with Crippen LogP contribution in [-0.4, -0.2) is 39.5 Å². The van der Waals surface area contributed by atoms with E-state index in [-0.39, 0.29) is 21.9 Å². The predicted octanol–water partition coefficient (Wildman–Crippen LogP) is 4.10. The van der Waals surface area contributed by atoms with E-state index in [1.807, 2.05) is 6.07 Å². The van der Waals surface area contributed by atoms with Gasteiger partial charge in [-0.05, 0) is 57.7 Å². The summed E-state index contributed by atoms with van der Waals surface area (Å²) in [6, 6.07) is 9.40. The minimum atomic E-state index is -4.06. The van der Waals surface area contributed by atoms with Crippen LogP contribution in [0.25, 0.3) is 0 Å². The Labute approximate surface area is 192 Å². The monoisotopic (exact) mass is 500 g/mol. The lowest BCUT2D eigenvalue weighted by atomic mass is 10.1. The summed E-state index contributed by atoms with van der Waals surface area (Å²) >= 11 is 2.15. The molecule has 0 atom stereocenters. The summed E-state index contributed by atoms with van der Waals surface area (Å²) in [6.45, 7) is 6.04. The molecule has 0 saturated heterocycles. The molecule has 0 radical (unpaired) electrons. The van der Waals surface area contributed by atoms with Crippen LogP contribution in [0.3, 0.4) is 0 Å².